The second-order valence-electron chi connectivity index (χ2n) is 8.24. The molecule has 2 aromatic carbocycles. The molecule has 5 rings (SSSR count). The molecule has 150 valence electrons. The van der Waals surface area contributed by atoms with E-state index in [9.17, 15) is 9.59 Å². The maximum absolute atomic E-state index is 13.3. The van der Waals surface area contributed by atoms with Crippen LogP contribution >= 0.6 is 0 Å². The van der Waals surface area contributed by atoms with Gasteiger partial charge in [0.25, 0.3) is 5.91 Å². The molecule has 1 aliphatic carbocycles. The first kappa shape index (κ1) is 18.0. The average molecular weight is 392 g/mol. The van der Waals surface area contributed by atoms with Crippen molar-refractivity contribution in [3.63, 3.8) is 0 Å². The van der Waals surface area contributed by atoms with Crippen molar-refractivity contribution in [2.75, 3.05) is 19.8 Å². The summed E-state index contributed by atoms with van der Waals surface area (Å²) in [6.45, 7) is 2.37. The number of amides is 2. The van der Waals surface area contributed by atoms with Crippen LogP contribution in [0.4, 0.5) is 0 Å². The molecule has 0 aromatic heterocycles. The van der Waals surface area contributed by atoms with Gasteiger partial charge in [-0.25, -0.2) is 0 Å². The molecule has 6 heteroatoms. The number of fused-ring (bicyclic) bond motifs is 3. The van der Waals surface area contributed by atoms with Crippen LogP contribution in [0.2, 0.25) is 0 Å². The summed E-state index contributed by atoms with van der Waals surface area (Å²) >= 11 is 0. The summed E-state index contributed by atoms with van der Waals surface area (Å²) in [7, 11) is 0. The van der Waals surface area contributed by atoms with Crippen molar-refractivity contribution in [2.45, 2.75) is 37.6 Å². The van der Waals surface area contributed by atoms with Crippen molar-refractivity contribution < 1.29 is 19.1 Å². The van der Waals surface area contributed by atoms with Gasteiger partial charge >= 0.3 is 0 Å². The molecule has 1 fully saturated rings. The lowest BCUT2D eigenvalue weighted by molar-refractivity contribution is 0.0668. The molecular weight excluding hydrogens is 368 g/mol. The van der Waals surface area contributed by atoms with E-state index in [1.807, 2.05) is 4.90 Å². The third-order valence-corrected chi connectivity index (χ3v) is 6.46. The van der Waals surface area contributed by atoms with Gasteiger partial charge in [-0.2, -0.15) is 0 Å². The predicted octanol–water partition coefficient (Wildman–Crippen LogP) is 3.02. The predicted molar refractivity (Wildman–Crippen MR) is 107 cm³/mol. The zero-order chi connectivity index (χ0) is 20.0. The maximum atomic E-state index is 13.3. The highest BCUT2D eigenvalue weighted by molar-refractivity contribution is 5.97. The van der Waals surface area contributed by atoms with Gasteiger partial charge < -0.3 is 20.1 Å². The number of carbonyl (C=O) groups is 2. The van der Waals surface area contributed by atoms with Gasteiger partial charge in [0.2, 0.25) is 5.91 Å². The number of carbonyl (C=O) groups excluding carboxylic acids is 2. The Labute approximate surface area is 169 Å². The summed E-state index contributed by atoms with van der Waals surface area (Å²) in [6.07, 6.45) is 4.49. The van der Waals surface area contributed by atoms with Crippen molar-refractivity contribution in [3.05, 3.63) is 58.7 Å². The van der Waals surface area contributed by atoms with Crippen molar-refractivity contribution in [3.8, 4) is 11.5 Å². The van der Waals surface area contributed by atoms with Gasteiger partial charge in [0.15, 0.2) is 11.5 Å². The normalized spacial score (nSPS) is 19.1. The molecule has 2 amide bonds. The van der Waals surface area contributed by atoms with E-state index in [1.165, 1.54) is 18.4 Å². The number of rotatable bonds is 2. The van der Waals surface area contributed by atoms with Crippen molar-refractivity contribution in [1.82, 2.24) is 4.90 Å². The molecule has 29 heavy (non-hydrogen) atoms. The first-order valence-electron chi connectivity index (χ1n) is 10.2. The minimum atomic E-state index is -0.493. The summed E-state index contributed by atoms with van der Waals surface area (Å²) in [4.78, 5) is 26.5. The van der Waals surface area contributed by atoms with Gasteiger partial charge in [-0.3, -0.25) is 9.59 Å². The summed E-state index contributed by atoms with van der Waals surface area (Å²) < 4.78 is 11.6. The Morgan fingerprint density at radius 3 is 2.21 bits per heavy atom. The number of nitrogens with two attached hydrogens (primary N) is 1. The highest BCUT2D eigenvalue weighted by atomic mass is 16.6. The molecule has 6 nitrogen and oxygen atoms in total. The number of hydrogen-bond donors (Lipinski definition) is 1. The van der Waals surface area contributed by atoms with E-state index in [0.29, 0.717) is 37.4 Å². The van der Waals surface area contributed by atoms with Crippen LogP contribution in [-0.2, 0) is 12.0 Å². The molecule has 0 radical (unpaired) electrons. The van der Waals surface area contributed by atoms with E-state index in [4.69, 9.17) is 15.2 Å². The summed E-state index contributed by atoms with van der Waals surface area (Å²) in [5.74, 6) is 1.08. The van der Waals surface area contributed by atoms with E-state index in [1.54, 1.807) is 24.3 Å². The van der Waals surface area contributed by atoms with Crippen LogP contribution in [0.1, 0.15) is 57.5 Å². The summed E-state index contributed by atoms with van der Waals surface area (Å²) in [5.41, 5.74) is 8.73. The number of primary amides is 1. The molecule has 0 unspecified atom stereocenters. The number of nitrogens with zero attached hydrogens (tertiary/aromatic N) is 1. The second kappa shape index (κ2) is 6.79. The average Bonchev–Trinajstić information content (AvgIpc) is 3.21. The molecule has 2 aromatic rings. The first-order valence-corrected chi connectivity index (χ1v) is 10.2. The Morgan fingerprint density at radius 1 is 0.931 bits per heavy atom. The maximum Gasteiger partial charge on any atom is 0.254 e. The standard InChI is InChI=1S/C23H24N2O4/c24-21(26)15-3-5-16(6-4-15)22(27)25-13-17-11-19-20(29-10-9-28-19)12-18(17)23(14-25)7-1-2-8-23/h3-6,11-12H,1-2,7-10,13-14H2,(H2,24,26). The van der Waals surface area contributed by atoms with E-state index < -0.39 is 5.91 Å². The fourth-order valence-corrected chi connectivity index (χ4v) is 5.05. The highest BCUT2D eigenvalue weighted by Crippen LogP contribution is 2.49. The van der Waals surface area contributed by atoms with E-state index in [-0.39, 0.29) is 11.3 Å². The molecule has 2 aliphatic heterocycles. The Bertz CT molecular complexity index is 977. The zero-order valence-corrected chi connectivity index (χ0v) is 16.3. The molecule has 3 aliphatic rings. The van der Waals surface area contributed by atoms with Crippen LogP contribution in [0, 0.1) is 0 Å². The van der Waals surface area contributed by atoms with Crippen LogP contribution < -0.4 is 15.2 Å². The van der Waals surface area contributed by atoms with Crippen molar-refractivity contribution >= 4 is 11.8 Å². The van der Waals surface area contributed by atoms with Gasteiger partial charge in [0, 0.05) is 29.6 Å². The first-order chi connectivity index (χ1) is 14.1. The van der Waals surface area contributed by atoms with Gasteiger partial charge in [0.1, 0.15) is 13.2 Å². The number of ether oxygens (including phenoxy) is 2. The van der Waals surface area contributed by atoms with E-state index in [0.717, 1.165) is 29.9 Å². The third kappa shape index (κ3) is 3.03. The Morgan fingerprint density at radius 2 is 1.55 bits per heavy atom. The molecule has 0 bridgehead atoms. The highest BCUT2D eigenvalue weighted by Gasteiger charge is 2.44. The largest absolute Gasteiger partial charge is 0.486 e. The molecule has 0 saturated heterocycles. The topological polar surface area (TPSA) is 81.9 Å². The molecule has 2 N–H and O–H groups in total. The monoisotopic (exact) mass is 392 g/mol. The number of hydrogen-bond acceptors (Lipinski definition) is 4. The SMILES string of the molecule is NC(=O)c1ccc(C(=O)N2Cc3cc4c(cc3C3(CCCC3)C2)OCCO4)cc1. The summed E-state index contributed by atoms with van der Waals surface area (Å²) in [5, 5.41) is 0. The van der Waals surface area contributed by atoms with Crippen molar-refractivity contribution in [2.24, 2.45) is 5.73 Å². The minimum Gasteiger partial charge on any atom is -0.486 e. The summed E-state index contributed by atoms with van der Waals surface area (Å²) in [6, 6.07) is 10.8. The minimum absolute atomic E-state index is 0.0205. The fraction of sp³-hybridized carbons (Fsp3) is 0.391. The Hall–Kier alpha value is -3.02. The van der Waals surface area contributed by atoms with Gasteiger partial charge in [-0.1, -0.05) is 12.8 Å². The second-order valence-corrected chi connectivity index (χ2v) is 8.24. The quantitative estimate of drug-likeness (QED) is 0.852. The Balaban J connectivity index is 1.50. The van der Waals surface area contributed by atoms with Crippen LogP contribution in [0.15, 0.2) is 36.4 Å². The lowest BCUT2D eigenvalue weighted by Gasteiger charge is -2.43. The van der Waals surface area contributed by atoms with Gasteiger partial charge in [0.05, 0.1) is 0 Å². The molecule has 1 spiro atoms. The van der Waals surface area contributed by atoms with E-state index >= 15 is 0 Å². The van der Waals surface area contributed by atoms with Crippen LogP contribution in [0.5, 0.6) is 11.5 Å². The lowest BCUT2D eigenvalue weighted by atomic mass is 9.73. The zero-order valence-electron chi connectivity index (χ0n) is 16.3. The molecule has 0 atom stereocenters. The van der Waals surface area contributed by atoms with Crippen molar-refractivity contribution in [1.29, 1.82) is 0 Å². The molecule has 1 saturated carbocycles. The third-order valence-electron chi connectivity index (χ3n) is 6.46. The van der Waals surface area contributed by atoms with Crippen LogP contribution in [-0.4, -0.2) is 36.5 Å². The lowest BCUT2D eigenvalue weighted by Crippen LogP contribution is -2.46. The van der Waals surface area contributed by atoms with Crippen LogP contribution in [0.25, 0.3) is 0 Å². The number of benzene rings is 2. The van der Waals surface area contributed by atoms with Gasteiger partial charge in [-0.15, -0.1) is 0 Å². The van der Waals surface area contributed by atoms with Gasteiger partial charge in [-0.05, 0) is 60.4 Å². The molecular formula is C23H24N2O4. The van der Waals surface area contributed by atoms with E-state index in [2.05, 4.69) is 12.1 Å². The molecule has 2 heterocycles. The Kier molecular flexibility index (Phi) is 4.23. The van der Waals surface area contributed by atoms with Crippen LogP contribution in [0.3, 0.4) is 0 Å². The fourth-order valence-electron chi connectivity index (χ4n) is 5.05. The smallest absolute Gasteiger partial charge is 0.254 e.